The summed E-state index contributed by atoms with van der Waals surface area (Å²) in [5, 5.41) is 12.1. The molecular weight excluding hydrogens is 573 g/mol. The molecule has 1 aliphatic rings. The fraction of sp³-hybridized carbons (Fsp3) is 0.400. The molecule has 4 rings (SSSR count). The van der Waals surface area contributed by atoms with Crippen molar-refractivity contribution >= 4 is 40.7 Å². The van der Waals surface area contributed by atoms with Gasteiger partial charge in [0.05, 0.1) is 18.8 Å². The number of alkyl halides is 3. The van der Waals surface area contributed by atoms with E-state index in [0.717, 1.165) is 47.5 Å². The summed E-state index contributed by atoms with van der Waals surface area (Å²) in [5.41, 5.74) is 4.65. The summed E-state index contributed by atoms with van der Waals surface area (Å²) >= 11 is 16.9. The summed E-state index contributed by atoms with van der Waals surface area (Å²) in [6, 6.07) is 21.4. The number of likely N-dealkylation sites (N-methyl/N-ethyl adjacent to an activating group) is 1. The van der Waals surface area contributed by atoms with Crippen LogP contribution in [0, 0.1) is 5.92 Å². The van der Waals surface area contributed by atoms with Gasteiger partial charge >= 0.3 is 0 Å². The van der Waals surface area contributed by atoms with Crippen molar-refractivity contribution in [2.45, 2.75) is 48.8 Å². The molecule has 40 heavy (non-hydrogen) atoms. The molecule has 4 unspecified atom stereocenters. The van der Waals surface area contributed by atoms with Gasteiger partial charge in [-0.1, -0.05) is 96.3 Å². The molecular formula is C30H34Cl3N3O4. The first-order valence-corrected chi connectivity index (χ1v) is 14.3. The van der Waals surface area contributed by atoms with Crippen LogP contribution in [0.4, 0.5) is 0 Å². The second-order valence-corrected chi connectivity index (χ2v) is 12.4. The Morgan fingerprint density at radius 2 is 1.68 bits per heavy atom. The van der Waals surface area contributed by atoms with Crippen molar-refractivity contribution in [1.82, 2.24) is 15.2 Å². The maximum absolute atomic E-state index is 11.9. The van der Waals surface area contributed by atoms with E-state index >= 15 is 0 Å². The van der Waals surface area contributed by atoms with Crippen LogP contribution in [0.15, 0.2) is 72.9 Å². The molecule has 2 N–H and O–H groups in total. The number of pyridine rings is 1. The number of aliphatic hydroxyl groups excluding tert-OH is 1. The lowest BCUT2D eigenvalue weighted by Gasteiger charge is -2.42. The highest BCUT2D eigenvalue weighted by Crippen LogP contribution is 2.41. The topological polar surface area (TPSA) is 83.9 Å². The van der Waals surface area contributed by atoms with Gasteiger partial charge in [-0.05, 0) is 35.9 Å². The second kappa shape index (κ2) is 14.1. The molecule has 0 aliphatic carbocycles. The van der Waals surface area contributed by atoms with E-state index in [1.165, 1.54) is 0 Å². The molecule has 1 fully saturated rings. The molecule has 1 saturated heterocycles. The number of carbonyl (C=O) groups is 1. The Morgan fingerprint density at radius 3 is 2.30 bits per heavy atom. The van der Waals surface area contributed by atoms with Crippen molar-refractivity contribution in [2.75, 3.05) is 20.1 Å². The monoisotopic (exact) mass is 605 g/mol. The molecule has 0 bridgehead atoms. The van der Waals surface area contributed by atoms with Crippen molar-refractivity contribution in [3.63, 3.8) is 0 Å². The standard InChI is InChI=1S/C30H34Cl3N3O4/c1-20-26(18-36(2)16-14-25-5-3-4-15-34-25)39-28(40-27(20)23-10-8-22(19-37)9-11-23)24-12-6-21(7-13-24)17-35-29(38)30(31,32)33/h3-13,15,20,26-28,37H,14,16-19H2,1-2H3,(H,35,38). The lowest BCUT2D eigenvalue weighted by atomic mass is 9.90. The molecule has 3 aromatic rings. The number of ether oxygens (including phenoxy) is 2. The number of rotatable bonds is 10. The number of nitrogens with zero attached hydrogens (tertiary/aromatic N) is 2. The largest absolute Gasteiger partial charge is 0.392 e. The van der Waals surface area contributed by atoms with Crippen LogP contribution in [0.1, 0.15) is 47.3 Å². The minimum absolute atomic E-state index is 0.00868. The summed E-state index contributed by atoms with van der Waals surface area (Å²) in [6.07, 6.45) is 1.77. The van der Waals surface area contributed by atoms with Gasteiger partial charge in [0.2, 0.25) is 0 Å². The Labute approximate surface area is 250 Å². The second-order valence-electron chi connectivity index (χ2n) is 10.1. The van der Waals surface area contributed by atoms with E-state index in [2.05, 4.69) is 29.2 Å². The number of aliphatic hydroxyl groups is 1. The van der Waals surface area contributed by atoms with Gasteiger partial charge in [-0.25, -0.2) is 0 Å². The summed E-state index contributed by atoms with van der Waals surface area (Å²) in [7, 11) is 2.09. The number of carbonyl (C=O) groups excluding carboxylic acids is 1. The molecule has 1 aliphatic heterocycles. The smallest absolute Gasteiger partial charge is 0.272 e. The minimum Gasteiger partial charge on any atom is -0.392 e. The third-order valence-corrected chi connectivity index (χ3v) is 7.57. The van der Waals surface area contributed by atoms with Crippen molar-refractivity contribution in [3.8, 4) is 0 Å². The van der Waals surface area contributed by atoms with Crippen LogP contribution in [0.25, 0.3) is 0 Å². The molecule has 2 aromatic carbocycles. The first-order chi connectivity index (χ1) is 19.1. The maximum atomic E-state index is 11.9. The highest BCUT2D eigenvalue weighted by molar-refractivity contribution is 6.76. The zero-order valence-corrected chi connectivity index (χ0v) is 24.7. The van der Waals surface area contributed by atoms with E-state index in [-0.39, 0.29) is 31.3 Å². The Morgan fingerprint density at radius 1 is 1.00 bits per heavy atom. The van der Waals surface area contributed by atoms with Gasteiger partial charge in [0, 0.05) is 49.4 Å². The third kappa shape index (κ3) is 8.40. The zero-order chi connectivity index (χ0) is 28.7. The number of halogens is 3. The van der Waals surface area contributed by atoms with Gasteiger partial charge in [0.15, 0.2) is 6.29 Å². The predicted molar refractivity (Wildman–Crippen MR) is 157 cm³/mol. The lowest BCUT2D eigenvalue weighted by Crippen LogP contribution is -2.44. The van der Waals surface area contributed by atoms with E-state index < -0.39 is 16.0 Å². The first kappa shape index (κ1) is 30.7. The molecule has 0 saturated carbocycles. The third-order valence-electron chi connectivity index (χ3n) is 7.05. The van der Waals surface area contributed by atoms with Crippen LogP contribution in [0.5, 0.6) is 0 Å². The Hall–Kier alpha value is -2.23. The molecule has 1 amide bonds. The van der Waals surface area contributed by atoms with E-state index in [9.17, 15) is 9.90 Å². The first-order valence-electron chi connectivity index (χ1n) is 13.2. The van der Waals surface area contributed by atoms with Crippen LogP contribution >= 0.6 is 34.8 Å². The molecule has 7 nitrogen and oxygen atoms in total. The number of amides is 1. The average Bonchev–Trinajstić information content (AvgIpc) is 2.96. The van der Waals surface area contributed by atoms with Gasteiger partial charge in [0.25, 0.3) is 9.70 Å². The molecule has 0 radical (unpaired) electrons. The van der Waals surface area contributed by atoms with E-state index in [4.69, 9.17) is 44.3 Å². The van der Waals surface area contributed by atoms with Crippen molar-refractivity contribution < 1.29 is 19.4 Å². The lowest BCUT2D eigenvalue weighted by molar-refractivity contribution is -0.275. The normalized spacial score (nSPS) is 21.4. The van der Waals surface area contributed by atoms with Crippen LogP contribution in [-0.2, 0) is 33.8 Å². The number of hydrogen-bond acceptors (Lipinski definition) is 6. The van der Waals surface area contributed by atoms with Crippen molar-refractivity contribution in [3.05, 3.63) is 101 Å². The number of hydrogen-bond donors (Lipinski definition) is 2. The Balaban J connectivity index is 1.48. The number of aromatic nitrogens is 1. The average molecular weight is 607 g/mol. The number of benzene rings is 2. The molecule has 4 atom stereocenters. The summed E-state index contributed by atoms with van der Waals surface area (Å²) in [4.78, 5) is 18.6. The summed E-state index contributed by atoms with van der Waals surface area (Å²) in [6.45, 7) is 3.93. The quantitative estimate of drug-likeness (QED) is 0.296. The van der Waals surface area contributed by atoms with Gasteiger partial charge in [-0.2, -0.15) is 0 Å². The fourth-order valence-corrected chi connectivity index (χ4v) is 4.85. The predicted octanol–water partition coefficient (Wildman–Crippen LogP) is 5.53. The van der Waals surface area contributed by atoms with Crippen molar-refractivity contribution in [1.29, 1.82) is 0 Å². The molecule has 0 spiro atoms. The molecule has 1 aromatic heterocycles. The van der Waals surface area contributed by atoms with Crippen LogP contribution in [-0.4, -0.2) is 50.9 Å². The van der Waals surface area contributed by atoms with Gasteiger partial charge in [0.1, 0.15) is 0 Å². The van der Waals surface area contributed by atoms with Crippen LogP contribution in [0.3, 0.4) is 0 Å². The van der Waals surface area contributed by atoms with Crippen LogP contribution < -0.4 is 5.32 Å². The van der Waals surface area contributed by atoms with Crippen molar-refractivity contribution in [2.24, 2.45) is 5.92 Å². The van der Waals surface area contributed by atoms with Gasteiger partial charge in [-0.15, -0.1) is 0 Å². The summed E-state index contributed by atoms with van der Waals surface area (Å²) in [5.74, 6) is -0.607. The maximum Gasteiger partial charge on any atom is 0.272 e. The molecule has 10 heteroatoms. The van der Waals surface area contributed by atoms with E-state index in [1.807, 2.05) is 72.9 Å². The molecule has 2 heterocycles. The highest BCUT2D eigenvalue weighted by Gasteiger charge is 2.38. The number of nitrogens with one attached hydrogen (secondary N) is 1. The SMILES string of the molecule is CC1C(CN(C)CCc2ccccn2)OC(c2ccc(CNC(=O)C(Cl)(Cl)Cl)cc2)OC1c1ccc(CO)cc1. The van der Waals surface area contributed by atoms with Gasteiger partial charge < -0.3 is 24.8 Å². The van der Waals surface area contributed by atoms with Gasteiger partial charge in [-0.3, -0.25) is 9.78 Å². The Kier molecular flexibility index (Phi) is 10.8. The molecule has 214 valence electrons. The Bertz CT molecular complexity index is 1220. The van der Waals surface area contributed by atoms with E-state index in [1.54, 1.807) is 0 Å². The minimum atomic E-state index is -2.01. The highest BCUT2D eigenvalue weighted by atomic mass is 35.6. The fourth-order valence-electron chi connectivity index (χ4n) is 4.65. The zero-order valence-electron chi connectivity index (χ0n) is 22.5. The van der Waals surface area contributed by atoms with E-state index in [0.29, 0.717) is 0 Å². The van der Waals surface area contributed by atoms with Crippen LogP contribution in [0.2, 0.25) is 0 Å². The summed E-state index contributed by atoms with van der Waals surface area (Å²) < 4.78 is 11.1.